The molecular formula is C23H21NO. The maximum absolute atomic E-state index is 6.36. The molecule has 0 radical (unpaired) electrons. The lowest BCUT2D eigenvalue weighted by Gasteiger charge is -2.18. The predicted molar refractivity (Wildman–Crippen MR) is 106 cm³/mol. The summed E-state index contributed by atoms with van der Waals surface area (Å²) in [5.41, 5.74) is 5.76. The van der Waals surface area contributed by atoms with Crippen LogP contribution in [0.4, 0.5) is 0 Å². The third kappa shape index (κ3) is 1.91. The molecule has 0 aliphatic rings. The van der Waals surface area contributed by atoms with Gasteiger partial charge >= 0.3 is 0 Å². The fraction of sp³-hybridized carbons (Fsp3) is 0.217. The molecule has 2 nitrogen and oxygen atoms in total. The molecular weight excluding hydrogens is 306 g/mol. The molecule has 25 heavy (non-hydrogen) atoms. The van der Waals surface area contributed by atoms with Crippen LogP contribution in [-0.4, -0.2) is 4.57 Å². The Hall–Kier alpha value is -2.74. The molecule has 0 amide bonds. The third-order valence-electron chi connectivity index (χ3n) is 5.34. The van der Waals surface area contributed by atoms with Gasteiger partial charge in [0, 0.05) is 45.7 Å². The van der Waals surface area contributed by atoms with E-state index in [1.165, 1.54) is 38.1 Å². The summed E-state index contributed by atoms with van der Waals surface area (Å²) in [4.78, 5) is 0. The molecule has 0 saturated heterocycles. The van der Waals surface area contributed by atoms with Gasteiger partial charge in [-0.1, -0.05) is 57.2 Å². The molecule has 0 aliphatic heterocycles. The molecule has 0 spiro atoms. The Morgan fingerprint density at radius 3 is 2.32 bits per heavy atom. The van der Waals surface area contributed by atoms with Crippen LogP contribution in [0.5, 0.6) is 0 Å². The second-order valence-electron chi connectivity index (χ2n) is 7.98. The van der Waals surface area contributed by atoms with Gasteiger partial charge in [0.05, 0.1) is 5.52 Å². The summed E-state index contributed by atoms with van der Waals surface area (Å²) < 4.78 is 8.61. The van der Waals surface area contributed by atoms with E-state index in [0.717, 1.165) is 11.2 Å². The smallest absolute Gasteiger partial charge is 0.139 e. The number of aryl methyl sites for hydroxylation is 1. The average molecular weight is 327 g/mol. The number of hydrogen-bond donors (Lipinski definition) is 0. The van der Waals surface area contributed by atoms with Crippen molar-refractivity contribution in [2.24, 2.45) is 7.05 Å². The van der Waals surface area contributed by atoms with E-state index in [9.17, 15) is 0 Å². The largest absolute Gasteiger partial charge is 0.456 e. The number of rotatable bonds is 0. The Morgan fingerprint density at radius 1 is 0.760 bits per heavy atom. The monoisotopic (exact) mass is 327 g/mol. The van der Waals surface area contributed by atoms with Gasteiger partial charge in [-0.15, -0.1) is 0 Å². The highest BCUT2D eigenvalue weighted by Crippen LogP contribution is 2.39. The van der Waals surface area contributed by atoms with Crippen molar-refractivity contribution in [2.75, 3.05) is 0 Å². The Kier molecular flexibility index (Phi) is 2.72. The van der Waals surface area contributed by atoms with E-state index in [2.05, 4.69) is 87.0 Å². The SMILES string of the molecule is Cn1c2ccccc2c2cc3c(cc21)oc1c(C(C)(C)C)cccc13. The number of para-hydroxylation sites is 2. The van der Waals surface area contributed by atoms with Crippen LogP contribution >= 0.6 is 0 Å². The first kappa shape index (κ1) is 14.6. The van der Waals surface area contributed by atoms with Crippen molar-refractivity contribution in [3.63, 3.8) is 0 Å². The highest BCUT2D eigenvalue weighted by atomic mass is 16.3. The molecule has 0 saturated carbocycles. The molecule has 5 rings (SSSR count). The van der Waals surface area contributed by atoms with Gasteiger partial charge in [-0.2, -0.15) is 0 Å². The van der Waals surface area contributed by atoms with Crippen molar-refractivity contribution in [1.82, 2.24) is 4.57 Å². The van der Waals surface area contributed by atoms with Crippen LogP contribution in [0.3, 0.4) is 0 Å². The molecule has 2 heterocycles. The molecule has 2 heteroatoms. The number of aromatic nitrogens is 1. The average Bonchev–Trinajstić information content (AvgIpc) is 3.08. The van der Waals surface area contributed by atoms with Crippen LogP contribution in [0.25, 0.3) is 43.7 Å². The van der Waals surface area contributed by atoms with E-state index in [-0.39, 0.29) is 5.41 Å². The van der Waals surface area contributed by atoms with E-state index in [1.54, 1.807) is 0 Å². The number of benzene rings is 3. The van der Waals surface area contributed by atoms with E-state index < -0.39 is 0 Å². The van der Waals surface area contributed by atoms with Gasteiger partial charge in [-0.3, -0.25) is 0 Å². The summed E-state index contributed by atoms with van der Waals surface area (Å²) in [6.45, 7) is 6.71. The minimum Gasteiger partial charge on any atom is -0.456 e. The molecule has 0 N–H and O–H groups in total. The second-order valence-corrected chi connectivity index (χ2v) is 7.98. The second kappa shape index (κ2) is 4.66. The van der Waals surface area contributed by atoms with Crippen LogP contribution in [0.2, 0.25) is 0 Å². The fourth-order valence-electron chi connectivity index (χ4n) is 4.04. The predicted octanol–water partition coefficient (Wildman–Crippen LogP) is 6.53. The van der Waals surface area contributed by atoms with Crippen molar-refractivity contribution in [1.29, 1.82) is 0 Å². The lowest BCUT2D eigenvalue weighted by Crippen LogP contribution is -2.10. The van der Waals surface area contributed by atoms with Crippen LogP contribution in [0.15, 0.2) is 59.0 Å². The number of fused-ring (bicyclic) bond motifs is 6. The molecule has 124 valence electrons. The van der Waals surface area contributed by atoms with Gasteiger partial charge in [0.25, 0.3) is 0 Å². The minimum absolute atomic E-state index is 0.0551. The van der Waals surface area contributed by atoms with Crippen LogP contribution < -0.4 is 0 Å². The van der Waals surface area contributed by atoms with Gasteiger partial charge in [0.15, 0.2) is 0 Å². The van der Waals surface area contributed by atoms with Crippen molar-refractivity contribution < 1.29 is 4.42 Å². The summed E-state index contributed by atoms with van der Waals surface area (Å²) in [5, 5.41) is 4.99. The lowest BCUT2D eigenvalue weighted by molar-refractivity contribution is 0.573. The van der Waals surface area contributed by atoms with Gasteiger partial charge in [-0.05, 0) is 17.5 Å². The van der Waals surface area contributed by atoms with Crippen molar-refractivity contribution in [3.8, 4) is 0 Å². The van der Waals surface area contributed by atoms with Gasteiger partial charge in [0.2, 0.25) is 0 Å². The summed E-state index contributed by atoms with van der Waals surface area (Å²) >= 11 is 0. The fourth-order valence-corrected chi connectivity index (χ4v) is 4.04. The maximum Gasteiger partial charge on any atom is 0.139 e. The number of nitrogens with zero attached hydrogens (tertiary/aromatic N) is 1. The van der Waals surface area contributed by atoms with Crippen LogP contribution in [0, 0.1) is 0 Å². The molecule has 0 aliphatic carbocycles. The Morgan fingerprint density at radius 2 is 1.52 bits per heavy atom. The Labute approximate surface area is 146 Å². The topological polar surface area (TPSA) is 18.1 Å². The minimum atomic E-state index is 0.0551. The van der Waals surface area contributed by atoms with E-state index in [0.29, 0.717) is 0 Å². The third-order valence-corrected chi connectivity index (χ3v) is 5.34. The zero-order chi connectivity index (χ0) is 17.3. The maximum atomic E-state index is 6.36. The van der Waals surface area contributed by atoms with Gasteiger partial charge in [-0.25, -0.2) is 0 Å². The molecule has 5 aromatic rings. The normalized spacial score (nSPS) is 12.8. The molecule has 3 aromatic carbocycles. The van der Waals surface area contributed by atoms with Crippen molar-refractivity contribution in [2.45, 2.75) is 26.2 Å². The summed E-state index contributed by atoms with van der Waals surface area (Å²) in [6, 6.07) is 19.6. The molecule has 0 fully saturated rings. The van der Waals surface area contributed by atoms with Crippen molar-refractivity contribution >= 4 is 43.7 Å². The molecule has 0 bridgehead atoms. The first-order valence-electron chi connectivity index (χ1n) is 8.78. The lowest BCUT2D eigenvalue weighted by atomic mass is 9.86. The van der Waals surface area contributed by atoms with Gasteiger partial charge in [0.1, 0.15) is 11.2 Å². The highest BCUT2D eigenvalue weighted by molar-refractivity contribution is 6.17. The zero-order valence-electron chi connectivity index (χ0n) is 15.1. The molecule has 2 aromatic heterocycles. The summed E-state index contributed by atoms with van der Waals surface area (Å²) in [5.74, 6) is 0. The van der Waals surface area contributed by atoms with Crippen LogP contribution in [0.1, 0.15) is 26.3 Å². The summed E-state index contributed by atoms with van der Waals surface area (Å²) in [6.07, 6.45) is 0. The number of hydrogen-bond acceptors (Lipinski definition) is 1. The van der Waals surface area contributed by atoms with Crippen LogP contribution in [-0.2, 0) is 12.5 Å². The first-order chi connectivity index (χ1) is 11.9. The van der Waals surface area contributed by atoms with E-state index in [1.807, 2.05) is 0 Å². The quantitative estimate of drug-likeness (QED) is 0.316. The highest BCUT2D eigenvalue weighted by Gasteiger charge is 2.21. The molecule has 0 atom stereocenters. The molecule has 0 unspecified atom stereocenters. The van der Waals surface area contributed by atoms with E-state index >= 15 is 0 Å². The summed E-state index contributed by atoms with van der Waals surface area (Å²) in [7, 11) is 2.12. The Balaban J connectivity index is 1.98. The zero-order valence-corrected chi connectivity index (χ0v) is 15.1. The van der Waals surface area contributed by atoms with E-state index in [4.69, 9.17) is 4.42 Å². The first-order valence-corrected chi connectivity index (χ1v) is 8.78. The Bertz CT molecular complexity index is 1280. The van der Waals surface area contributed by atoms with Crippen molar-refractivity contribution in [3.05, 3.63) is 60.2 Å². The number of furan rings is 1. The van der Waals surface area contributed by atoms with Gasteiger partial charge < -0.3 is 8.98 Å². The standard InChI is InChI=1S/C23H21NO/c1-23(2,3)18-10-7-9-15-17-12-16-14-8-5-6-11-19(14)24(4)20(16)13-21(17)25-22(15)18/h5-13H,1-4H3.